The Morgan fingerprint density at radius 1 is 1.45 bits per heavy atom. The lowest BCUT2D eigenvalue weighted by atomic mass is 9.91. The molecule has 1 saturated heterocycles. The monoisotopic (exact) mass is 276 g/mol. The molecule has 0 aliphatic carbocycles. The highest BCUT2D eigenvalue weighted by atomic mass is 16.5. The van der Waals surface area contributed by atoms with Crippen molar-refractivity contribution in [1.82, 2.24) is 0 Å². The Hall–Kier alpha value is -1.35. The van der Waals surface area contributed by atoms with Crippen molar-refractivity contribution in [2.75, 3.05) is 0 Å². The molecule has 1 aromatic carbocycles. The molecule has 0 bridgehead atoms. The molecule has 0 saturated carbocycles. The molecule has 1 heterocycles. The summed E-state index contributed by atoms with van der Waals surface area (Å²) in [6, 6.07) is 8.00. The first kappa shape index (κ1) is 15.0. The molecule has 1 aromatic rings. The lowest BCUT2D eigenvalue weighted by Gasteiger charge is -2.22. The van der Waals surface area contributed by atoms with E-state index in [1.807, 2.05) is 31.2 Å². The lowest BCUT2D eigenvalue weighted by molar-refractivity contribution is -0.143. The Kier molecular flexibility index (Phi) is 4.48. The smallest absolute Gasteiger partial charge is 0.306 e. The quantitative estimate of drug-likeness (QED) is 0.894. The van der Waals surface area contributed by atoms with Gasteiger partial charge in [-0.1, -0.05) is 24.3 Å². The van der Waals surface area contributed by atoms with E-state index >= 15 is 0 Å². The van der Waals surface area contributed by atoms with E-state index in [4.69, 9.17) is 4.74 Å². The first-order valence-corrected chi connectivity index (χ1v) is 7.32. The molecule has 0 spiro atoms. The van der Waals surface area contributed by atoms with Crippen LogP contribution in [0.2, 0.25) is 0 Å². The van der Waals surface area contributed by atoms with Crippen molar-refractivity contribution in [2.45, 2.75) is 58.2 Å². The van der Waals surface area contributed by atoms with Gasteiger partial charge in [-0.05, 0) is 57.6 Å². The van der Waals surface area contributed by atoms with Gasteiger partial charge in [-0.15, -0.1) is 0 Å². The number of benzene rings is 1. The van der Waals surface area contributed by atoms with Crippen molar-refractivity contribution in [1.29, 1.82) is 0 Å². The number of aryl methyl sites for hydroxylation is 1. The van der Waals surface area contributed by atoms with Gasteiger partial charge < -0.3 is 9.84 Å². The summed E-state index contributed by atoms with van der Waals surface area (Å²) in [6.07, 6.45) is 3.24. The minimum atomic E-state index is -0.721. The molecular formula is C17H24O3. The highest BCUT2D eigenvalue weighted by molar-refractivity contribution is 5.70. The van der Waals surface area contributed by atoms with Crippen molar-refractivity contribution in [3.8, 4) is 0 Å². The average Bonchev–Trinajstić information content (AvgIpc) is 2.70. The summed E-state index contributed by atoms with van der Waals surface area (Å²) < 4.78 is 5.93. The normalized spacial score (nSPS) is 22.6. The molecule has 0 radical (unpaired) electrons. The standard InChI is InChI=1S/C17H24O3/c1-12-6-4-5-7-13(12)10-14(16(18)19)11-15-8-9-17(2,3)20-15/h4-7,14-15H,8-11H2,1-3H3,(H,18,19). The number of hydrogen-bond donors (Lipinski definition) is 1. The summed E-state index contributed by atoms with van der Waals surface area (Å²) in [5.74, 6) is -1.09. The predicted octanol–water partition coefficient (Wildman–Crippen LogP) is 3.59. The summed E-state index contributed by atoms with van der Waals surface area (Å²) in [4.78, 5) is 11.5. The van der Waals surface area contributed by atoms with Crippen LogP contribution in [0.1, 0.15) is 44.2 Å². The van der Waals surface area contributed by atoms with Gasteiger partial charge in [0.2, 0.25) is 0 Å². The maximum absolute atomic E-state index is 11.5. The van der Waals surface area contributed by atoms with E-state index in [0.29, 0.717) is 12.8 Å². The average molecular weight is 276 g/mol. The van der Waals surface area contributed by atoms with Crippen LogP contribution in [0.5, 0.6) is 0 Å². The van der Waals surface area contributed by atoms with Gasteiger partial charge in [0.05, 0.1) is 17.6 Å². The molecule has 110 valence electrons. The van der Waals surface area contributed by atoms with E-state index in [2.05, 4.69) is 13.8 Å². The highest BCUT2D eigenvalue weighted by Gasteiger charge is 2.34. The SMILES string of the molecule is Cc1ccccc1CC(CC1CCC(C)(C)O1)C(=O)O. The second-order valence-corrected chi connectivity index (χ2v) is 6.44. The van der Waals surface area contributed by atoms with E-state index in [0.717, 1.165) is 24.0 Å². The van der Waals surface area contributed by atoms with E-state index in [9.17, 15) is 9.90 Å². The highest BCUT2D eigenvalue weighted by Crippen LogP contribution is 2.33. The number of carbonyl (C=O) groups is 1. The zero-order chi connectivity index (χ0) is 14.8. The van der Waals surface area contributed by atoms with Crippen LogP contribution in [0.25, 0.3) is 0 Å². The van der Waals surface area contributed by atoms with Gasteiger partial charge in [0.25, 0.3) is 0 Å². The molecule has 1 aliphatic heterocycles. The van der Waals surface area contributed by atoms with Gasteiger partial charge in [0.15, 0.2) is 0 Å². The maximum Gasteiger partial charge on any atom is 0.306 e. The number of hydrogen-bond acceptors (Lipinski definition) is 2. The van der Waals surface area contributed by atoms with E-state index < -0.39 is 5.97 Å². The number of carboxylic acid groups (broad SMARTS) is 1. The molecule has 3 heteroatoms. The lowest BCUT2D eigenvalue weighted by Crippen LogP contribution is -2.25. The molecule has 0 amide bonds. The van der Waals surface area contributed by atoms with Crippen LogP contribution < -0.4 is 0 Å². The maximum atomic E-state index is 11.5. The number of ether oxygens (including phenoxy) is 1. The Balaban J connectivity index is 2.02. The van der Waals surface area contributed by atoms with Crippen LogP contribution in [0.15, 0.2) is 24.3 Å². The third kappa shape index (κ3) is 3.83. The first-order chi connectivity index (χ1) is 9.37. The Morgan fingerprint density at radius 3 is 2.70 bits per heavy atom. The van der Waals surface area contributed by atoms with Crippen LogP contribution in [0.4, 0.5) is 0 Å². The van der Waals surface area contributed by atoms with Crippen molar-refractivity contribution in [3.63, 3.8) is 0 Å². The predicted molar refractivity (Wildman–Crippen MR) is 78.8 cm³/mol. The fourth-order valence-electron chi connectivity index (χ4n) is 2.94. The van der Waals surface area contributed by atoms with E-state index in [1.54, 1.807) is 0 Å². The van der Waals surface area contributed by atoms with Gasteiger partial charge >= 0.3 is 5.97 Å². The second kappa shape index (κ2) is 5.96. The van der Waals surface area contributed by atoms with Crippen LogP contribution in [0.3, 0.4) is 0 Å². The molecule has 1 N–H and O–H groups in total. The molecule has 0 aromatic heterocycles. The summed E-state index contributed by atoms with van der Waals surface area (Å²) in [5, 5.41) is 9.46. The van der Waals surface area contributed by atoms with Crippen LogP contribution in [0, 0.1) is 12.8 Å². The van der Waals surface area contributed by atoms with Crippen molar-refractivity contribution >= 4 is 5.97 Å². The second-order valence-electron chi connectivity index (χ2n) is 6.44. The van der Waals surface area contributed by atoms with E-state index in [1.165, 1.54) is 0 Å². The number of aliphatic carboxylic acids is 1. The zero-order valence-corrected chi connectivity index (χ0v) is 12.6. The summed E-state index contributed by atoms with van der Waals surface area (Å²) in [7, 11) is 0. The third-order valence-electron chi connectivity index (χ3n) is 4.18. The van der Waals surface area contributed by atoms with Crippen LogP contribution in [-0.2, 0) is 16.0 Å². The summed E-state index contributed by atoms with van der Waals surface area (Å²) >= 11 is 0. The number of rotatable bonds is 5. The van der Waals surface area contributed by atoms with Crippen molar-refractivity contribution in [3.05, 3.63) is 35.4 Å². The summed E-state index contributed by atoms with van der Waals surface area (Å²) in [6.45, 7) is 6.18. The van der Waals surface area contributed by atoms with Gasteiger partial charge in [0.1, 0.15) is 0 Å². The Bertz CT molecular complexity index is 479. The Morgan fingerprint density at radius 2 is 2.15 bits per heavy atom. The molecule has 1 fully saturated rings. The van der Waals surface area contributed by atoms with Crippen LogP contribution >= 0.6 is 0 Å². The van der Waals surface area contributed by atoms with Gasteiger partial charge in [-0.2, -0.15) is 0 Å². The molecule has 2 atom stereocenters. The zero-order valence-electron chi connectivity index (χ0n) is 12.6. The van der Waals surface area contributed by atoms with Gasteiger partial charge in [-0.25, -0.2) is 0 Å². The first-order valence-electron chi connectivity index (χ1n) is 7.32. The van der Waals surface area contributed by atoms with Crippen LogP contribution in [-0.4, -0.2) is 22.8 Å². The largest absolute Gasteiger partial charge is 0.481 e. The fourth-order valence-corrected chi connectivity index (χ4v) is 2.94. The number of carboxylic acids is 1. The van der Waals surface area contributed by atoms with Gasteiger partial charge in [-0.3, -0.25) is 4.79 Å². The van der Waals surface area contributed by atoms with Gasteiger partial charge in [0, 0.05) is 0 Å². The third-order valence-corrected chi connectivity index (χ3v) is 4.18. The minimum absolute atomic E-state index is 0.0788. The molecule has 20 heavy (non-hydrogen) atoms. The van der Waals surface area contributed by atoms with Crippen molar-refractivity contribution in [2.24, 2.45) is 5.92 Å². The summed E-state index contributed by atoms with van der Waals surface area (Å²) in [5.41, 5.74) is 2.18. The molecule has 3 nitrogen and oxygen atoms in total. The Labute approximate surface area is 121 Å². The van der Waals surface area contributed by atoms with E-state index in [-0.39, 0.29) is 17.6 Å². The van der Waals surface area contributed by atoms with Crippen molar-refractivity contribution < 1.29 is 14.6 Å². The molecular weight excluding hydrogens is 252 g/mol. The minimum Gasteiger partial charge on any atom is -0.481 e. The molecule has 1 aliphatic rings. The fraction of sp³-hybridized carbons (Fsp3) is 0.588. The molecule has 2 rings (SSSR count). The topological polar surface area (TPSA) is 46.5 Å². The molecule has 2 unspecified atom stereocenters.